The van der Waals surface area contributed by atoms with Crippen LogP contribution in [0, 0.1) is 0 Å². The first-order valence-electron chi connectivity index (χ1n) is 2.92. The first-order valence-corrected chi connectivity index (χ1v) is 2.92. The summed E-state index contributed by atoms with van der Waals surface area (Å²) in [5.74, 6) is -2.71. The predicted octanol–water partition coefficient (Wildman–Crippen LogP) is 4.36. The monoisotopic (exact) mass is 246 g/mol. The Kier molecular flexibility index (Phi) is 6.90. The van der Waals surface area contributed by atoms with Crippen molar-refractivity contribution in [3.8, 4) is 0 Å². The van der Waals surface area contributed by atoms with Crippen LogP contribution in [0.1, 0.15) is 0 Å². The standard InChI is InChI=1S/C3HF5.C3H2F4/c4-1-2(5)3(6,7)8;4-2-1-3(5,6)7/h1H;1-2H/b2*2-1+. The first kappa shape index (κ1) is 16.3. The van der Waals surface area contributed by atoms with Gasteiger partial charge in [-0.15, -0.1) is 0 Å². The molecule has 9 heteroatoms. The van der Waals surface area contributed by atoms with Crippen molar-refractivity contribution >= 4 is 0 Å². The summed E-state index contributed by atoms with van der Waals surface area (Å²) in [7, 11) is 0. The molecule has 0 aliphatic heterocycles. The Balaban J connectivity index is 0. The minimum Gasteiger partial charge on any atom is -0.216 e. The molecule has 0 unspecified atom stereocenters. The molecule has 0 N–H and O–H groups in total. The van der Waals surface area contributed by atoms with E-state index in [2.05, 4.69) is 0 Å². The average Bonchev–Trinajstić information content (AvgIpc) is 2.00. The maximum atomic E-state index is 11.0. The van der Waals surface area contributed by atoms with Gasteiger partial charge in [-0.1, -0.05) is 0 Å². The predicted molar refractivity (Wildman–Crippen MR) is 32.7 cm³/mol. The van der Waals surface area contributed by atoms with Gasteiger partial charge in [0.15, 0.2) is 0 Å². The molecule has 0 nitrogen and oxygen atoms in total. The molecule has 0 heterocycles. The van der Waals surface area contributed by atoms with Crippen LogP contribution >= 0.6 is 0 Å². The summed E-state index contributed by atoms with van der Waals surface area (Å²) in [4.78, 5) is 0. The number of allylic oxidation sites excluding steroid dienone is 2. The van der Waals surface area contributed by atoms with Crippen LogP contribution < -0.4 is 0 Å². The fourth-order valence-corrected chi connectivity index (χ4v) is 0.133. The van der Waals surface area contributed by atoms with E-state index < -0.39 is 36.9 Å². The summed E-state index contributed by atoms with van der Waals surface area (Å²) in [6, 6.07) is 0. The lowest BCUT2D eigenvalue weighted by atomic mass is 10.6. The van der Waals surface area contributed by atoms with Gasteiger partial charge in [-0.3, -0.25) is 0 Å². The molecule has 0 spiro atoms. The molecule has 0 radical (unpaired) electrons. The topological polar surface area (TPSA) is 0 Å². The van der Waals surface area contributed by atoms with E-state index in [0.717, 1.165) is 0 Å². The maximum absolute atomic E-state index is 11.0. The van der Waals surface area contributed by atoms with E-state index in [4.69, 9.17) is 0 Å². The Morgan fingerprint density at radius 1 is 0.867 bits per heavy atom. The highest BCUT2D eigenvalue weighted by atomic mass is 19.4. The minimum absolute atomic E-state index is 0.479. The molecule has 90 valence electrons. The second-order valence-corrected chi connectivity index (χ2v) is 1.79. The largest absolute Gasteiger partial charge is 0.445 e. The lowest BCUT2D eigenvalue weighted by Crippen LogP contribution is -2.06. The van der Waals surface area contributed by atoms with Gasteiger partial charge in [0.1, 0.15) is 6.33 Å². The third-order valence-electron chi connectivity index (χ3n) is 0.619. The van der Waals surface area contributed by atoms with Crippen molar-refractivity contribution in [2.45, 2.75) is 12.4 Å². The van der Waals surface area contributed by atoms with Gasteiger partial charge < -0.3 is 0 Å². The highest BCUT2D eigenvalue weighted by Gasteiger charge is 2.34. The van der Waals surface area contributed by atoms with Crippen LogP contribution in [0.4, 0.5) is 39.5 Å². The van der Waals surface area contributed by atoms with Gasteiger partial charge in [-0.05, 0) is 0 Å². The van der Waals surface area contributed by atoms with Crippen molar-refractivity contribution in [1.29, 1.82) is 0 Å². The smallest absolute Gasteiger partial charge is 0.216 e. The maximum Gasteiger partial charge on any atom is 0.445 e. The van der Waals surface area contributed by atoms with E-state index >= 15 is 0 Å². The van der Waals surface area contributed by atoms with E-state index in [1.54, 1.807) is 0 Å². The molecule has 0 bridgehead atoms. The van der Waals surface area contributed by atoms with E-state index in [1.165, 1.54) is 0 Å². The Labute approximate surface area is 77.7 Å². The molecule has 15 heavy (non-hydrogen) atoms. The molecular weight excluding hydrogens is 243 g/mol. The van der Waals surface area contributed by atoms with E-state index in [-0.39, 0.29) is 0 Å². The molecule has 0 rings (SSSR count). The van der Waals surface area contributed by atoms with Crippen molar-refractivity contribution in [3.05, 3.63) is 24.6 Å². The Bertz CT molecular complexity index is 218. The molecular formula is C6H3F9. The van der Waals surface area contributed by atoms with Gasteiger partial charge in [0, 0.05) is 6.08 Å². The van der Waals surface area contributed by atoms with Crippen LogP contribution in [-0.4, -0.2) is 12.4 Å². The van der Waals surface area contributed by atoms with Crippen LogP contribution in [0.25, 0.3) is 0 Å². The van der Waals surface area contributed by atoms with Gasteiger partial charge in [0.25, 0.3) is 0 Å². The van der Waals surface area contributed by atoms with Crippen LogP contribution in [0.3, 0.4) is 0 Å². The number of hydrogen-bond acceptors (Lipinski definition) is 0. The summed E-state index contributed by atoms with van der Waals surface area (Å²) in [5, 5.41) is 0. The molecule has 0 atom stereocenters. The normalized spacial score (nSPS) is 13.8. The average molecular weight is 246 g/mol. The summed E-state index contributed by atoms with van der Waals surface area (Å²) in [5.41, 5.74) is 0. The SMILES string of the molecule is F/C=C(/F)C(F)(F)F.F/C=C/C(F)(F)F. The molecule has 0 saturated heterocycles. The summed E-state index contributed by atoms with van der Waals surface area (Å²) < 4.78 is 96.7. The Hall–Kier alpha value is -1.15. The Morgan fingerprint density at radius 2 is 1.27 bits per heavy atom. The third kappa shape index (κ3) is 12.8. The lowest BCUT2D eigenvalue weighted by Gasteiger charge is -1.97. The zero-order valence-corrected chi connectivity index (χ0v) is 6.63. The quantitative estimate of drug-likeness (QED) is 0.557. The molecule has 0 aromatic carbocycles. The Morgan fingerprint density at radius 3 is 1.27 bits per heavy atom. The first-order chi connectivity index (χ1) is 6.54. The van der Waals surface area contributed by atoms with Crippen LogP contribution in [-0.2, 0) is 0 Å². The highest BCUT2D eigenvalue weighted by Crippen LogP contribution is 2.25. The number of hydrogen-bond donors (Lipinski definition) is 0. The molecule has 0 aliphatic carbocycles. The van der Waals surface area contributed by atoms with Gasteiger partial charge in [0.05, 0.1) is 6.33 Å². The fraction of sp³-hybridized carbons (Fsp3) is 0.333. The van der Waals surface area contributed by atoms with Crippen molar-refractivity contribution < 1.29 is 39.5 Å². The van der Waals surface area contributed by atoms with Gasteiger partial charge in [-0.25, -0.2) is 8.78 Å². The zero-order chi connectivity index (χ0) is 12.7. The highest BCUT2D eigenvalue weighted by molar-refractivity contribution is 4.93. The number of halogens is 9. The molecule has 0 aromatic rings. The molecule has 0 aromatic heterocycles. The zero-order valence-electron chi connectivity index (χ0n) is 6.63. The van der Waals surface area contributed by atoms with Crippen molar-refractivity contribution in [2.75, 3.05) is 0 Å². The molecule has 0 amide bonds. The molecule has 0 saturated carbocycles. The van der Waals surface area contributed by atoms with E-state index in [1.807, 2.05) is 0 Å². The van der Waals surface area contributed by atoms with Crippen molar-refractivity contribution in [2.24, 2.45) is 0 Å². The van der Waals surface area contributed by atoms with Crippen LogP contribution in [0.2, 0.25) is 0 Å². The second-order valence-electron chi connectivity index (χ2n) is 1.79. The van der Waals surface area contributed by atoms with E-state index in [0.29, 0.717) is 0 Å². The van der Waals surface area contributed by atoms with Gasteiger partial charge in [0.2, 0.25) is 5.83 Å². The minimum atomic E-state index is -5.17. The van der Waals surface area contributed by atoms with Crippen LogP contribution in [0.5, 0.6) is 0 Å². The van der Waals surface area contributed by atoms with Gasteiger partial charge >= 0.3 is 12.4 Å². The van der Waals surface area contributed by atoms with Gasteiger partial charge in [-0.2, -0.15) is 30.7 Å². The fourth-order valence-electron chi connectivity index (χ4n) is 0.133. The number of rotatable bonds is 0. The summed E-state index contributed by atoms with van der Waals surface area (Å²) in [6.45, 7) is 0. The van der Waals surface area contributed by atoms with Crippen molar-refractivity contribution in [3.63, 3.8) is 0 Å². The molecule has 0 aliphatic rings. The summed E-state index contributed by atoms with van der Waals surface area (Å²) >= 11 is 0. The van der Waals surface area contributed by atoms with E-state index in [9.17, 15) is 39.5 Å². The second kappa shape index (κ2) is 6.36. The van der Waals surface area contributed by atoms with Crippen LogP contribution in [0.15, 0.2) is 24.6 Å². The third-order valence-corrected chi connectivity index (χ3v) is 0.619. The number of alkyl halides is 6. The molecule has 0 fully saturated rings. The lowest BCUT2D eigenvalue weighted by molar-refractivity contribution is -0.109. The van der Waals surface area contributed by atoms with Crippen molar-refractivity contribution in [1.82, 2.24) is 0 Å². The summed E-state index contributed by atoms with van der Waals surface area (Å²) in [6.07, 6.45) is -11.8.